The molecule has 15 heavy (non-hydrogen) atoms. The Bertz CT molecular complexity index is 278. The van der Waals surface area contributed by atoms with Gasteiger partial charge in [-0.15, -0.1) is 11.6 Å². The minimum Gasteiger partial charge on any atom is -0.313 e. The molecule has 1 aromatic rings. The van der Waals surface area contributed by atoms with E-state index >= 15 is 0 Å². The van der Waals surface area contributed by atoms with Crippen LogP contribution in [0.4, 0.5) is 0 Å². The third kappa shape index (κ3) is 5.45. The zero-order valence-corrected chi connectivity index (χ0v) is 10.7. The maximum absolute atomic E-state index is 5.78. The average Bonchev–Trinajstić information content (AvgIpc) is 2.29. The summed E-state index contributed by atoms with van der Waals surface area (Å²) in [6.45, 7) is 2.03. The van der Waals surface area contributed by atoms with Crippen LogP contribution in [0.1, 0.15) is 17.5 Å². The van der Waals surface area contributed by atoms with Crippen molar-refractivity contribution >= 4 is 23.4 Å². The van der Waals surface area contributed by atoms with E-state index in [2.05, 4.69) is 35.8 Å². The number of alkyl halides is 1. The molecule has 0 spiro atoms. The number of nitrogens with one attached hydrogen (secondary N) is 1. The maximum atomic E-state index is 5.78. The molecule has 0 aromatic heterocycles. The fourth-order valence-corrected chi connectivity index (χ4v) is 2.00. The van der Waals surface area contributed by atoms with Crippen LogP contribution in [-0.4, -0.2) is 18.6 Å². The second kappa shape index (κ2) is 8.03. The molecule has 0 amide bonds. The van der Waals surface area contributed by atoms with Gasteiger partial charge in [0, 0.05) is 12.4 Å². The van der Waals surface area contributed by atoms with Gasteiger partial charge in [-0.05, 0) is 36.1 Å². The summed E-state index contributed by atoms with van der Waals surface area (Å²) in [6.07, 6.45) is 3.38. The number of benzene rings is 1. The molecule has 0 heterocycles. The van der Waals surface area contributed by atoms with Gasteiger partial charge in [-0.1, -0.05) is 24.3 Å². The maximum Gasteiger partial charge on any atom is 0.0474 e. The Morgan fingerprint density at radius 3 is 2.87 bits per heavy atom. The first-order valence-corrected chi connectivity index (χ1v) is 7.13. The Morgan fingerprint density at radius 1 is 1.33 bits per heavy atom. The number of halogens is 1. The molecule has 0 bridgehead atoms. The molecule has 0 radical (unpaired) electrons. The number of hydrogen-bond acceptors (Lipinski definition) is 2. The van der Waals surface area contributed by atoms with Crippen LogP contribution in [-0.2, 0) is 12.4 Å². The highest BCUT2D eigenvalue weighted by Gasteiger charge is 1.94. The van der Waals surface area contributed by atoms with Crippen molar-refractivity contribution in [3.05, 3.63) is 35.4 Å². The Labute approximate surface area is 102 Å². The zero-order chi connectivity index (χ0) is 10.9. The Hall–Kier alpha value is -0.180. The van der Waals surface area contributed by atoms with E-state index in [-0.39, 0.29) is 0 Å². The molecule has 0 saturated carbocycles. The van der Waals surface area contributed by atoms with Crippen LogP contribution in [0.2, 0.25) is 0 Å². The third-order valence-electron chi connectivity index (χ3n) is 2.18. The van der Waals surface area contributed by atoms with Crippen LogP contribution in [0.25, 0.3) is 0 Å². The minimum atomic E-state index is 0.598. The van der Waals surface area contributed by atoms with E-state index in [4.69, 9.17) is 11.6 Å². The van der Waals surface area contributed by atoms with Crippen molar-refractivity contribution in [1.82, 2.24) is 5.32 Å². The first kappa shape index (κ1) is 12.9. The fourth-order valence-electron chi connectivity index (χ4n) is 1.40. The van der Waals surface area contributed by atoms with E-state index < -0.39 is 0 Å². The standard InChI is InChI=1S/C12H18ClNS/c1-15-7-3-6-14-10-12-5-2-4-11(8-12)9-13/h2,4-5,8,14H,3,6-7,9-10H2,1H3. The van der Waals surface area contributed by atoms with Crippen LogP contribution in [0.3, 0.4) is 0 Å². The summed E-state index contributed by atoms with van der Waals surface area (Å²) in [4.78, 5) is 0. The molecule has 0 fully saturated rings. The van der Waals surface area contributed by atoms with E-state index in [0.717, 1.165) is 13.1 Å². The Kier molecular flexibility index (Phi) is 6.90. The topological polar surface area (TPSA) is 12.0 Å². The van der Waals surface area contributed by atoms with Gasteiger partial charge in [0.05, 0.1) is 0 Å². The van der Waals surface area contributed by atoms with Gasteiger partial charge >= 0.3 is 0 Å². The van der Waals surface area contributed by atoms with E-state index in [1.54, 1.807) is 0 Å². The molecule has 0 atom stereocenters. The highest BCUT2D eigenvalue weighted by atomic mass is 35.5. The van der Waals surface area contributed by atoms with Crippen molar-refractivity contribution in [2.45, 2.75) is 18.8 Å². The molecule has 1 N–H and O–H groups in total. The quantitative estimate of drug-likeness (QED) is 0.583. The van der Waals surface area contributed by atoms with Crippen molar-refractivity contribution in [2.75, 3.05) is 18.6 Å². The van der Waals surface area contributed by atoms with Crippen LogP contribution in [0.15, 0.2) is 24.3 Å². The summed E-state index contributed by atoms with van der Waals surface area (Å²) < 4.78 is 0. The normalized spacial score (nSPS) is 10.5. The van der Waals surface area contributed by atoms with Gasteiger partial charge in [-0.2, -0.15) is 11.8 Å². The van der Waals surface area contributed by atoms with Crippen molar-refractivity contribution in [3.63, 3.8) is 0 Å². The minimum absolute atomic E-state index is 0.598. The first-order valence-electron chi connectivity index (χ1n) is 5.20. The lowest BCUT2D eigenvalue weighted by molar-refractivity contribution is 0.678. The molecule has 0 aliphatic heterocycles. The summed E-state index contributed by atoms with van der Waals surface area (Å²) in [5.41, 5.74) is 2.51. The summed E-state index contributed by atoms with van der Waals surface area (Å²) in [6, 6.07) is 8.42. The third-order valence-corrected chi connectivity index (χ3v) is 3.18. The molecule has 0 aliphatic rings. The van der Waals surface area contributed by atoms with E-state index in [0.29, 0.717) is 5.88 Å². The second-order valence-electron chi connectivity index (χ2n) is 3.48. The van der Waals surface area contributed by atoms with Gasteiger partial charge in [-0.25, -0.2) is 0 Å². The second-order valence-corrected chi connectivity index (χ2v) is 4.73. The molecular formula is C12H18ClNS. The van der Waals surface area contributed by atoms with Crippen LogP contribution < -0.4 is 5.32 Å². The molecule has 84 valence electrons. The lowest BCUT2D eigenvalue weighted by atomic mass is 10.1. The lowest BCUT2D eigenvalue weighted by Gasteiger charge is -2.05. The largest absolute Gasteiger partial charge is 0.313 e. The summed E-state index contributed by atoms with van der Waals surface area (Å²) in [5, 5.41) is 3.43. The SMILES string of the molecule is CSCCCNCc1cccc(CCl)c1. The highest BCUT2D eigenvalue weighted by Crippen LogP contribution is 2.07. The van der Waals surface area contributed by atoms with Crippen molar-refractivity contribution in [3.8, 4) is 0 Å². The molecule has 1 aromatic carbocycles. The molecule has 3 heteroatoms. The summed E-state index contributed by atoms with van der Waals surface area (Å²) in [7, 11) is 0. The smallest absolute Gasteiger partial charge is 0.0474 e. The molecule has 0 saturated heterocycles. The van der Waals surface area contributed by atoms with Crippen molar-refractivity contribution in [2.24, 2.45) is 0 Å². The predicted molar refractivity (Wildman–Crippen MR) is 70.7 cm³/mol. The van der Waals surface area contributed by atoms with Crippen molar-refractivity contribution in [1.29, 1.82) is 0 Å². The van der Waals surface area contributed by atoms with Crippen LogP contribution >= 0.6 is 23.4 Å². The van der Waals surface area contributed by atoms with Crippen LogP contribution in [0.5, 0.6) is 0 Å². The van der Waals surface area contributed by atoms with E-state index in [9.17, 15) is 0 Å². The molecular weight excluding hydrogens is 226 g/mol. The summed E-state index contributed by atoms with van der Waals surface area (Å²) >= 11 is 7.67. The average molecular weight is 244 g/mol. The molecule has 1 rings (SSSR count). The number of hydrogen-bond donors (Lipinski definition) is 1. The van der Waals surface area contributed by atoms with Gasteiger partial charge in [0.25, 0.3) is 0 Å². The Balaban J connectivity index is 2.24. The molecule has 0 unspecified atom stereocenters. The summed E-state index contributed by atoms with van der Waals surface area (Å²) in [5.74, 6) is 1.83. The zero-order valence-electron chi connectivity index (χ0n) is 9.13. The number of rotatable bonds is 7. The molecule has 1 nitrogen and oxygen atoms in total. The van der Waals surface area contributed by atoms with Crippen molar-refractivity contribution < 1.29 is 0 Å². The van der Waals surface area contributed by atoms with Crippen LogP contribution in [0, 0.1) is 0 Å². The van der Waals surface area contributed by atoms with Gasteiger partial charge in [0.2, 0.25) is 0 Å². The van der Waals surface area contributed by atoms with E-state index in [1.807, 2.05) is 11.8 Å². The van der Waals surface area contributed by atoms with Gasteiger partial charge in [-0.3, -0.25) is 0 Å². The number of thioether (sulfide) groups is 1. The first-order chi connectivity index (χ1) is 7.36. The highest BCUT2D eigenvalue weighted by molar-refractivity contribution is 7.98. The van der Waals surface area contributed by atoms with E-state index in [1.165, 1.54) is 23.3 Å². The monoisotopic (exact) mass is 243 g/mol. The van der Waals surface area contributed by atoms with Gasteiger partial charge in [0.15, 0.2) is 0 Å². The fraction of sp³-hybridized carbons (Fsp3) is 0.500. The van der Waals surface area contributed by atoms with Gasteiger partial charge < -0.3 is 5.32 Å². The lowest BCUT2D eigenvalue weighted by Crippen LogP contribution is -2.15. The predicted octanol–water partition coefficient (Wildman–Crippen LogP) is 3.27. The Morgan fingerprint density at radius 2 is 2.13 bits per heavy atom. The van der Waals surface area contributed by atoms with Gasteiger partial charge in [0.1, 0.15) is 0 Å². The molecule has 0 aliphatic carbocycles.